The molecule has 0 amide bonds. The fourth-order valence-corrected chi connectivity index (χ4v) is 2.58. The smallest absolute Gasteiger partial charge is 0.252 e. The summed E-state index contributed by atoms with van der Waals surface area (Å²) in [6, 6.07) is 7.72. The molecule has 20 heavy (non-hydrogen) atoms. The van der Waals surface area contributed by atoms with Gasteiger partial charge in [-0.2, -0.15) is 0 Å². The lowest BCUT2D eigenvalue weighted by Gasteiger charge is -2.26. The number of ether oxygens (including phenoxy) is 1. The van der Waals surface area contributed by atoms with Crippen LogP contribution in [0.4, 0.5) is 0 Å². The number of H-pyrrole nitrogens is 1. The largest absolute Gasteiger partial charge is 0.497 e. The highest BCUT2D eigenvalue weighted by Gasteiger charge is 2.12. The Morgan fingerprint density at radius 1 is 1.25 bits per heavy atom. The van der Waals surface area contributed by atoms with Crippen molar-refractivity contribution in [1.29, 1.82) is 0 Å². The summed E-state index contributed by atoms with van der Waals surface area (Å²) in [5.74, 6) is 0.753. The molecule has 0 spiro atoms. The van der Waals surface area contributed by atoms with Crippen molar-refractivity contribution >= 4 is 10.9 Å². The van der Waals surface area contributed by atoms with Crippen LogP contribution < -0.4 is 15.6 Å². The van der Waals surface area contributed by atoms with Crippen molar-refractivity contribution in [2.45, 2.75) is 6.54 Å². The average Bonchev–Trinajstić information content (AvgIpc) is 2.48. The van der Waals surface area contributed by atoms with Crippen molar-refractivity contribution in [2.24, 2.45) is 0 Å². The maximum absolute atomic E-state index is 12.2. The first-order chi connectivity index (χ1) is 9.76. The van der Waals surface area contributed by atoms with E-state index in [1.807, 2.05) is 24.3 Å². The summed E-state index contributed by atoms with van der Waals surface area (Å²) in [4.78, 5) is 17.4. The number of nitrogens with zero attached hydrogens (tertiary/aromatic N) is 1. The van der Waals surface area contributed by atoms with Crippen molar-refractivity contribution in [3.05, 3.63) is 40.2 Å². The Morgan fingerprint density at radius 3 is 2.80 bits per heavy atom. The highest BCUT2D eigenvalue weighted by atomic mass is 16.5. The van der Waals surface area contributed by atoms with Crippen LogP contribution in [0.1, 0.15) is 5.56 Å². The van der Waals surface area contributed by atoms with Gasteiger partial charge >= 0.3 is 0 Å². The molecule has 1 aliphatic rings. The molecule has 0 radical (unpaired) electrons. The number of piperazine rings is 1. The maximum atomic E-state index is 12.2. The first-order valence-corrected chi connectivity index (χ1v) is 6.89. The zero-order chi connectivity index (χ0) is 13.9. The molecule has 2 heterocycles. The predicted octanol–water partition coefficient (Wildman–Crippen LogP) is 0.942. The second kappa shape index (κ2) is 5.64. The van der Waals surface area contributed by atoms with Gasteiger partial charge in [0, 0.05) is 44.4 Å². The monoisotopic (exact) mass is 273 g/mol. The van der Waals surface area contributed by atoms with E-state index in [1.54, 1.807) is 7.11 Å². The Labute approximate surface area is 117 Å². The molecule has 2 aromatic rings. The van der Waals surface area contributed by atoms with E-state index in [0.29, 0.717) is 6.54 Å². The third kappa shape index (κ3) is 2.69. The maximum Gasteiger partial charge on any atom is 0.252 e. The number of hydrogen-bond donors (Lipinski definition) is 2. The van der Waals surface area contributed by atoms with Gasteiger partial charge in [-0.25, -0.2) is 0 Å². The summed E-state index contributed by atoms with van der Waals surface area (Å²) >= 11 is 0. The molecule has 1 fully saturated rings. The Kier molecular flexibility index (Phi) is 3.71. The van der Waals surface area contributed by atoms with E-state index in [-0.39, 0.29) is 5.56 Å². The number of rotatable bonds is 3. The Bertz CT molecular complexity index is 660. The standard InChI is InChI=1S/C15H19N3O2/c1-20-13-3-2-11-8-12(15(19)17-14(11)9-13)10-18-6-4-16-5-7-18/h2-3,8-9,16H,4-7,10H2,1H3,(H,17,19). The number of aromatic amines is 1. The van der Waals surface area contributed by atoms with Gasteiger partial charge in [0.05, 0.1) is 12.6 Å². The van der Waals surface area contributed by atoms with Gasteiger partial charge in [-0.3, -0.25) is 9.69 Å². The van der Waals surface area contributed by atoms with Crippen LogP contribution >= 0.6 is 0 Å². The van der Waals surface area contributed by atoms with Gasteiger partial charge in [-0.15, -0.1) is 0 Å². The molecule has 5 heteroatoms. The number of nitrogens with one attached hydrogen (secondary N) is 2. The molecule has 106 valence electrons. The topological polar surface area (TPSA) is 57.4 Å². The minimum Gasteiger partial charge on any atom is -0.497 e. The molecule has 0 atom stereocenters. The molecular weight excluding hydrogens is 254 g/mol. The fraction of sp³-hybridized carbons (Fsp3) is 0.400. The third-order valence-electron chi connectivity index (χ3n) is 3.73. The molecule has 5 nitrogen and oxygen atoms in total. The van der Waals surface area contributed by atoms with Gasteiger partial charge in [0.2, 0.25) is 0 Å². The SMILES string of the molecule is COc1ccc2cc(CN3CCNCC3)c(=O)[nH]c2c1. The molecule has 1 saturated heterocycles. The zero-order valence-corrected chi connectivity index (χ0v) is 11.6. The molecule has 0 bridgehead atoms. The number of benzene rings is 1. The van der Waals surface area contributed by atoms with Crippen LogP contribution in [0, 0.1) is 0 Å². The van der Waals surface area contributed by atoms with Crippen molar-refractivity contribution in [3.63, 3.8) is 0 Å². The van der Waals surface area contributed by atoms with Crippen LogP contribution in [0.3, 0.4) is 0 Å². The molecule has 1 aromatic heterocycles. The van der Waals surface area contributed by atoms with E-state index in [9.17, 15) is 4.79 Å². The van der Waals surface area contributed by atoms with Gasteiger partial charge in [-0.1, -0.05) is 0 Å². The van der Waals surface area contributed by atoms with E-state index >= 15 is 0 Å². The summed E-state index contributed by atoms with van der Waals surface area (Å²) in [5, 5.41) is 4.35. The van der Waals surface area contributed by atoms with Crippen molar-refractivity contribution < 1.29 is 4.74 Å². The number of aromatic nitrogens is 1. The van der Waals surface area contributed by atoms with Gasteiger partial charge in [0.15, 0.2) is 0 Å². The Morgan fingerprint density at radius 2 is 2.05 bits per heavy atom. The minimum absolute atomic E-state index is 0.00992. The highest BCUT2D eigenvalue weighted by Crippen LogP contribution is 2.18. The van der Waals surface area contributed by atoms with Gasteiger partial charge < -0.3 is 15.0 Å². The van der Waals surface area contributed by atoms with Crippen molar-refractivity contribution in [1.82, 2.24) is 15.2 Å². The molecule has 0 unspecified atom stereocenters. The van der Waals surface area contributed by atoms with Crippen molar-refractivity contribution in [2.75, 3.05) is 33.3 Å². The van der Waals surface area contributed by atoms with E-state index in [4.69, 9.17) is 4.74 Å². The van der Waals surface area contributed by atoms with E-state index in [1.165, 1.54) is 0 Å². The summed E-state index contributed by atoms with van der Waals surface area (Å²) in [7, 11) is 1.62. The molecule has 0 aliphatic carbocycles. The van der Waals surface area contributed by atoms with Gasteiger partial charge in [-0.05, 0) is 23.6 Å². The van der Waals surface area contributed by atoms with E-state index in [2.05, 4.69) is 15.2 Å². The molecule has 2 N–H and O–H groups in total. The van der Waals surface area contributed by atoms with Crippen LogP contribution in [-0.2, 0) is 6.54 Å². The average molecular weight is 273 g/mol. The van der Waals surface area contributed by atoms with Crippen LogP contribution in [0.15, 0.2) is 29.1 Å². The highest BCUT2D eigenvalue weighted by molar-refractivity contribution is 5.80. The predicted molar refractivity (Wildman–Crippen MR) is 79.3 cm³/mol. The number of hydrogen-bond acceptors (Lipinski definition) is 4. The Balaban J connectivity index is 1.91. The number of fused-ring (bicyclic) bond motifs is 1. The first-order valence-electron chi connectivity index (χ1n) is 6.89. The summed E-state index contributed by atoms with van der Waals surface area (Å²) in [6.45, 7) is 4.66. The molecule has 3 rings (SSSR count). The lowest BCUT2D eigenvalue weighted by Crippen LogP contribution is -2.43. The Hall–Kier alpha value is -1.85. The van der Waals surface area contributed by atoms with Crippen LogP contribution in [-0.4, -0.2) is 43.2 Å². The lowest BCUT2D eigenvalue weighted by molar-refractivity contribution is 0.232. The van der Waals surface area contributed by atoms with Crippen LogP contribution in [0.2, 0.25) is 0 Å². The third-order valence-corrected chi connectivity index (χ3v) is 3.73. The lowest BCUT2D eigenvalue weighted by atomic mass is 10.1. The zero-order valence-electron chi connectivity index (χ0n) is 11.6. The van der Waals surface area contributed by atoms with E-state index < -0.39 is 0 Å². The normalized spacial score (nSPS) is 16.4. The number of pyridine rings is 1. The minimum atomic E-state index is -0.00992. The fourth-order valence-electron chi connectivity index (χ4n) is 2.58. The second-order valence-electron chi connectivity index (χ2n) is 5.10. The summed E-state index contributed by atoms with van der Waals surface area (Å²) < 4.78 is 5.18. The first kappa shape index (κ1) is 13.1. The molecular formula is C15H19N3O2. The molecule has 1 aromatic carbocycles. The quantitative estimate of drug-likeness (QED) is 0.874. The van der Waals surface area contributed by atoms with Crippen LogP contribution in [0.25, 0.3) is 10.9 Å². The second-order valence-corrected chi connectivity index (χ2v) is 5.10. The molecule has 0 saturated carbocycles. The van der Waals surface area contributed by atoms with E-state index in [0.717, 1.165) is 48.4 Å². The molecule has 1 aliphatic heterocycles. The summed E-state index contributed by atoms with van der Waals surface area (Å²) in [6.07, 6.45) is 0. The van der Waals surface area contributed by atoms with Crippen LogP contribution in [0.5, 0.6) is 5.75 Å². The summed E-state index contributed by atoms with van der Waals surface area (Å²) in [5.41, 5.74) is 1.63. The number of methoxy groups -OCH3 is 1. The van der Waals surface area contributed by atoms with Gasteiger partial charge in [0.1, 0.15) is 5.75 Å². The van der Waals surface area contributed by atoms with Crippen molar-refractivity contribution in [3.8, 4) is 5.75 Å². The van der Waals surface area contributed by atoms with Gasteiger partial charge in [0.25, 0.3) is 5.56 Å².